The van der Waals surface area contributed by atoms with Gasteiger partial charge in [-0.1, -0.05) is 41.4 Å². The van der Waals surface area contributed by atoms with Crippen molar-refractivity contribution >= 4 is 46.2 Å². The first-order valence-electron chi connectivity index (χ1n) is 6.96. The van der Waals surface area contributed by atoms with Crippen molar-refractivity contribution in [3.05, 3.63) is 63.1 Å². The van der Waals surface area contributed by atoms with E-state index < -0.39 is 0 Å². The molecule has 0 bridgehead atoms. The van der Waals surface area contributed by atoms with Crippen LogP contribution in [-0.4, -0.2) is 5.11 Å². The Morgan fingerprint density at radius 1 is 1.00 bits per heavy atom. The highest BCUT2D eigenvalue weighted by atomic mass is 35.5. The Hall–Kier alpha value is -1.29. The van der Waals surface area contributed by atoms with Crippen molar-refractivity contribution in [3.63, 3.8) is 0 Å². The molecule has 0 saturated heterocycles. The second kappa shape index (κ2) is 7.32. The Bertz CT molecular complexity index is 681. The third-order valence-electron chi connectivity index (χ3n) is 3.50. The zero-order valence-corrected chi connectivity index (χ0v) is 15.0. The fourth-order valence-electron chi connectivity index (χ4n) is 2.11. The van der Waals surface area contributed by atoms with E-state index in [0.29, 0.717) is 15.2 Å². The first-order chi connectivity index (χ1) is 10.3. The third-order valence-corrected chi connectivity index (χ3v) is 4.16. The van der Waals surface area contributed by atoms with Gasteiger partial charge in [0.2, 0.25) is 0 Å². The molecule has 0 aliphatic heterocycles. The molecular formula is C17H18Cl2N2S. The van der Waals surface area contributed by atoms with Crippen LogP contribution >= 0.6 is 35.4 Å². The smallest absolute Gasteiger partial charge is 0.171 e. The summed E-state index contributed by atoms with van der Waals surface area (Å²) in [5, 5.41) is 8.04. The number of hydrogen-bond donors (Lipinski definition) is 2. The Morgan fingerprint density at radius 2 is 1.64 bits per heavy atom. The molecule has 2 nitrogen and oxygen atoms in total. The number of halogens is 2. The van der Waals surface area contributed by atoms with Crippen LogP contribution in [0.5, 0.6) is 0 Å². The molecule has 2 rings (SSSR count). The van der Waals surface area contributed by atoms with Gasteiger partial charge < -0.3 is 10.6 Å². The SMILES string of the molecule is Cc1ccc(C(C)NC(=S)Nc2cc(Cl)cc(Cl)c2)cc1C. The molecule has 0 spiro atoms. The van der Waals surface area contributed by atoms with Crippen molar-refractivity contribution in [2.75, 3.05) is 5.32 Å². The molecule has 22 heavy (non-hydrogen) atoms. The lowest BCUT2D eigenvalue weighted by molar-refractivity contribution is 0.721. The minimum absolute atomic E-state index is 0.106. The molecule has 0 saturated carbocycles. The largest absolute Gasteiger partial charge is 0.356 e. The number of thiocarbonyl (C=S) groups is 1. The fraction of sp³-hybridized carbons (Fsp3) is 0.235. The van der Waals surface area contributed by atoms with Crippen LogP contribution in [0.25, 0.3) is 0 Å². The van der Waals surface area contributed by atoms with Gasteiger partial charge in [0.1, 0.15) is 0 Å². The van der Waals surface area contributed by atoms with E-state index in [-0.39, 0.29) is 6.04 Å². The summed E-state index contributed by atoms with van der Waals surface area (Å²) in [7, 11) is 0. The van der Waals surface area contributed by atoms with Crippen molar-refractivity contribution in [1.29, 1.82) is 0 Å². The van der Waals surface area contributed by atoms with Gasteiger partial charge in [-0.2, -0.15) is 0 Å². The van der Waals surface area contributed by atoms with Crippen molar-refractivity contribution in [1.82, 2.24) is 5.32 Å². The van der Waals surface area contributed by atoms with E-state index in [1.165, 1.54) is 16.7 Å². The van der Waals surface area contributed by atoms with Crippen LogP contribution in [-0.2, 0) is 0 Å². The molecule has 0 heterocycles. The zero-order valence-electron chi connectivity index (χ0n) is 12.7. The van der Waals surface area contributed by atoms with Crippen LogP contribution in [0.3, 0.4) is 0 Å². The first kappa shape index (κ1) is 17.1. The highest BCUT2D eigenvalue weighted by Gasteiger charge is 2.08. The van der Waals surface area contributed by atoms with Gasteiger partial charge >= 0.3 is 0 Å². The maximum Gasteiger partial charge on any atom is 0.171 e. The van der Waals surface area contributed by atoms with Gasteiger partial charge in [-0.3, -0.25) is 0 Å². The molecule has 2 aromatic carbocycles. The molecule has 2 N–H and O–H groups in total. The molecule has 0 aliphatic carbocycles. The van der Waals surface area contributed by atoms with Crippen molar-refractivity contribution in [2.24, 2.45) is 0 Å². The van der Waals surface area contributed by atoms with Crippen LogP contribution in [0, 0.1) is 13.8 Å². The van der Waals surface area contributed by atoms with Crippen LogP contribution in [0.2, 0.25) is 10.0 Å². The Kier molecular flexibility index (Phi) is 5.68. The summed E-state index contributed by atoms with van der Waals surface area (Å²) < 4.78 is 0. The molecule has 0 radical (unpaired) electrons. The summed E-state index contributed by atoms with van der Waals surface area (Å²) in [5.74, 6) is 0. The van der Waals surface area contributed by atoms with Gasteiger partial charge in [0, 0.05) is 15.7 Å². The summed E-state index contributed by atoms with van der Waals surface area (Å²) in [6.07, 6.45) is 0. The summed E-state index contributed by atoms with van der Waals surface area (Å²) in [6.45, 7) is 6.28. The van der Waals surface area contributed by atoms with E-state index in [9.17, 15) is 0 Å². The van der Waals surface area contributed by atoms with Gasteiger partial charge in [0.15, 0.2) is 5.11 Å². The van der Waals surface area contributed by atoms with Gasteiger partial charge in [-0.05, 0) is 67.9 Å². The molecule has 0 amide bonds. The van der Waals surface area contributed by atoms with Crippen molar-refractivity contribution < 1.29 is 0 Å². The number of rotatable bonds is 3. The minimum atomic E-state index is 0.106. The van der Waals surface area contributed by atoms with E-state index in [1.54, 1.807) is 18.2 Å². The highest BCUT2D eigenvalue weighted by Crippen LogP contribution is 2.23. The topological polar surface area (TPSA) is 24.1 Å². The maximum absolute atomic E-state index is 5.98. The molecule has 0 aliphatic rings. The number of aryl methyl sites for hydroxylation is 2. The van der Waals surface area contributed by atoms with Gasteiger partial charge in [-0.15, -0.1) is 0 Å². The average Bonchev–Trinajstić information content (AvgIpc) is 2.40. The monoisotopic (exact) mass is 352 g/mol. The standard InChI is InChI=1S/C17H18Cl2N2S/c1-10-4-5-13(6-11(10)2)12(3)20-17(22)21-16-8-14(18)7-15(19)9-16/h4-9,12H,1-3H3,(H2,20,21,22). The quantitative estimate of drug-likeness (QED) is 0.697. The van der Waals surface area contributed by atoms with E-state index in [2.05, 4.69) is 49.6 Å². The molecule has 0 aromatic heterocycles. The number of hydrogen-bond acceptors (Lipinski definition) is 1. The predicted molar refractivity (Wildman–Crippen MR) is 100 cm³/mol. The third kappa shape index (κ3) is 4.60. The first-order valence-corrected chi connectivity index (χ1v) is 8.12. The van der Waals surface area contributed by atoms with E-state index in [0.717, 1.165) is 5.69 Å². The van der Waals surface area contributed by atoms with Crippen LogP contribution in [0.15, 0.2) is 36.4 Å². The Morgan fingerprint density at radius 3 is 2.23 bits per heavy atom. The van der Waals surface area contributed by atoms with Crippen LogP contribution in [0.1, 0.15) is 29.7 Å². The summed E-state index contributed by atoms with van der Waals surface area (Å²) in [5.41, 5.74) is 4.51. The lowest BCUT2D eigenvalue weighted by atomic mass is 10.0. The molecule has 1 atom stereocenters. The Labute approximate surface area is 146 Å². The lowest BCUT2D eigenvalue weighted by Gasteiger charge is -2.18. The van der Waals surface area contributed by atoms with E-state index in [4.69, 9.17) is 35.4 Å². The molecule has 116 valence electrons. The zero-order chi connectivity index (χ0) is 16.3. The van der Waals surface area contributed by atoms with Gasteiger partial charge in [0.25, 0.3) is 0 Å². The van der Waals surface area contributed by atoms with Crippen molar-refractivity contribution in [3.8, 4) is 0 Å². The Balaban J connectivity index is 2.03. The minimum Gasteiger partial charge on any atom is -0.356 e. The maximum atomic E-state index is 5.98. The second-order valence-corrected chi connectivity index (χ2v) is 6.60. The normalized spacial score (nSPS) is 11.9. The molecular weight excluding hydrogens is 335 g/mol. The van der Waals surface area contributed by atoms with Gasteiger partial charge in [0.05, 0.1) is 6.04 Å². The lowest BCUT2D eigenvalue weighted by Crippen LogP contribution is -2.30. The highest BCUT2D eigenvalue weighted by molar-refractivity contribution is 7.80. The molecule has 2 aromatic rings. The van der Waals surface area contributed by atoms with Crippen LogP contribution < -0.4 is 10.6 Å². The van der Waals surface area contributed by atoms with E-state index in [1.807, 2.05) is 0 Å². The fourth-order valence-corrected chi connectivity index (χ4v) is 2.93. The number of anilines is 1. The predicted octanol–water partition coefficient (Wildman–Crippen LogP) is 5.66. The summed E-state index contributed by atoms with van der Waals surface area (Å²) in [4.78, 5) is 0. The molecule has 0 fully saturated rings. The summed E-state index contributed by atoms with van der Waals surface area (Å²) >= 11 is 17.3. The second-order valence-electron chi connectivity index (χ2n) is 5.32. The van der Waals surface area contributed by atoms with Gasteiger partial charge in [-0.25, -0.2) is 0 Å². The molecule has 1 unspecified atom stereocenters. The van der Waals surface area contributed by atoms with Crippen LogP contribution in [0.4, 0.5) is 5.69 Å². The number of nitrogens with one attached hydrogen (secondary N) is 2. The average molecular weight is 353 g/mol. The van der Waals surface area contributed by atoms with E-state index >= 15 is 0 Å². The van der Waals surface area contributed by atoms with Crippen molar-refractivity contribution in [2.45, 2.75) is 26.8 Å². The molecule has 5 heteroatoms. The summed E-state index contributed by atoms with van der Waals surface area (Å²) in [6, 6.07) is 11.8. The number of benzene rings is 2.